The number of ketones is 1. The third kappa shape index (κ3) is 2.88. The Morgan fingerprint density at radius 1 is 1.08 bits per heavy atom. The highest BCUT2D eigenvalue weighted by molar-refractivity contribution is 7.91. The first-order valence-electron chi connectivity index (χ1n) is 7.18. The van der Waals surface area contributed by atoms with Crippen molar-refractivity contribution in [1.82, 2.24) is 0 Å². The molecule has 0 aliphatic carbocycles. The van der Waals surface area contributed by atoms with Crippen LogP contribution in [0.1, 0.15) is 26.3 Å². The van der Waals surface area contributed by atoms with E-state index in [1.807, 2.05) is 0 Å². The van der Waals surface area contributed by atoms with Crippen LogP contribution in [-0.4, -0.2) is 33.0 Å². The highest BCUT2D eigenvalue weighted by Gasteiger charge is 2.32. The number of carbonyl (C=O) groups excluding carboxylic acids is 2. The fourth-order valence-electron chi connectivity index (χ4n) is 2.59. The number of hydrogen-bond donors (Lipinski definition) is 0. The zero-order chi connectivity index (χ0) is 17.3. The van der Waals surface area contributed by atoms with Crippen molar-refractivity contribution >= 4 is 27.7 Å². The van der Waals surface area contributed by atoms with Crippen molar-refractivity contribution in [2.24, 2.45) is 0 Å². The number of carbonyl (C=O) groups is 2. The van der Waals surface area contributed by atoms with Crippen molar-refractivity contribution in [3.63, 3.8) is 0 Å². The number of sulfone groups is 1. The number of Topliss-reactive ketones (excluding diaryl/α,β-unsaturated/α-hetero) is 1. The Morgan fingerprint density at radius 2 is 1.75 bits per heavy atom. The first-order valence-corrected chi connectivity index (χ1v) is 8.83. The number of esters is 1. The minimum atomic E-state index is -3.53. The molecule has 1 heterocycles. The van der Waals surface area contributed by atoms with Gasteiger partial charge in [-0.15, -0.1) is 0 Å². The van der Waals surface area contributed by atoms with Crippen LogP contribution in [0.2, 0.25) is 0 Å². The fraction of sp³-hybridized carbons (Fsp3) is 0.111. The predicted molar refractivity (Wildman–Crippen MR) is 88.6 cm³/mol. The molecule has 0 saturated heterocycles. The molecule has 5 nitrogen and oxygen atoms in total. The van der Waals surface area contributed by atoms with E-state index in [0.29, 0.717) is 11.1 Å². The highest BCUT2D eigenvalue weighted by Crippen LogP contribution is 2.28. The van der Waals surface area contributed by atoms with E-state index >= 15 is 0 Å². The lowest BCUT2D eigenvalue weighted by Crippen LogP contribution is -2.24. The van der Waals surface area contributed by atoms with Gasteiger partial charge in [-0.1, -0.05) is 24.3 Å². The van der Waals surface area contributed by atoms with Gasteiger partial charge in [0, 0.05) is 11.1 Å². The standard InChI is InChI=1S/C18H14O5S/c1-23-18(20)13-8-6-12(7-9-13)10-14-11-24(21,22)16-5-3-2-4-15(16)17(14)19/h2-10H,11H2,1H3/b14-10+. The molecule has 0 spiro atoms. The molecule has 6 heteroatoms. The van der Waals surface area contributed by atoms with E-state index in [2.05, 4.69) is 4.74 Å². The van der Waals surface area contributed by atoms with Gasteiger partial charge in [-0.05, 0) is 35.9 Å². The Labute approximate surface area is 139 Å². The van der Waals surface area contributed by atoms with Gasteiger partial charge in [0.1, 0.15) is 0 Å². The first kappa shape index (κ1) is 16.1. The molecule has 0 aromatic heterocycles. The summed E-state index contributed by atoms with van der Waals surface area (Å²) in [6, 6.07) is 12.6. The molecule has 1 aliphatic rings. The molecule has 2 aromatic carbocycles. The summed E-state index contributed by atoms with van der Waals surface area (Å²) in [6.07, 6.45) is 1.54. The second kappa shape index (κ2) is 6.05. The van der Waals surface area contributed by atoms with Crippen LogP contribution in [0.25, 0.3) is 6.08 Å². The molecule has 0 atom stereocenters. The fourth-order valence-corrected chi connectivity index (χ4v) is 4.15. The largest absolute Gasteiger partial charge is 0.465 e. The lowest BCUT2D eigenvalue weighted by Gasteiger charge is -2.17. The molecule has 122 valence electrons. The SMILES string of the molecule is COC(=O)c1ccc(/C=C2\CS(=O)(=O)c3ccccc3C2=O)cc1. The molecular formula is C18H14O5S. The Hall–Kier alpha value is -2.73. The molecule has 1 aliphatic heterocycles. The van der Waals surface area contributed by atoms with Gasteiger partial charge in [-0.3, -0.25) is 4.79 Å². The lowest BCUT2D eigenvalue weighted by molar-refractivity contribution is 0.0600. The topological polar surface area (TPSA) is 77.5 Å². The zero-order valence-electron chi connectivity index (χ0n) is 12.9. The Kier molecular flexibility index (Phi) is 4.07. The minimum absolute atomic E-state index is 0.0770. The van der Waals surface area contributed by atoms with E-state index in [0.717, 1.165) is 0 Å². The van der Waals surface area contributed by atoms with Crippen LogP contribution in [0.4, 0.5) is 0 Å². The van der Waals surface area contributed by atoms with E-state index in [1.54, 1.807) is 36.4 Å². The molecule has 2 aromatic rings. The van der Waals surface area contributed by atoms with Crippen LogP contribution >= 0.6 is 0 Å². The van der Waals surface area contributed by atoms with Gasteiger partial charge >= 0.3 is 5.97 Å². The molecule has 0 amide bonds. The van der Waals surface area contributed by atoms with Crippen molar-refractivity contribution in [3.8, 4) is 0 Å². The lowest BCUT2D eigenvalue weighted by atomic mass is 10.0. The third-order valence-electron chi connectivity index (χ3n) is 3.78. The molecule has 3 rings (SSSR count). The van der Waals surface area contributed by atoms with Gasteiger partial charge in [0.05, 0.1) is 23.3 Å². The number of fused-ring (bicyclic) bond motifs is 1. The van der Waals surface area contributed by atoms with E-state index < -0.39 is 15.8 Å². The third-order valence-corrected chi connectivity index (χ3v) is 5.49. The molecule has 0 unspecified atom stereocenters. The molecule has 24 heavy (non-hydrogen) atoms. The van der Waals surface area contributed by atoms with Crippen LogP contribution in [0.15, 0.2) is 59.0 Å². The molecule has 0 fully saturated rings. The van der Waals surface area contributed by atoms with Gasteiger partial charge in [0.25, 0.3) is 0 Å². The molecule has 0 radical (unpaired) electrons. The van der Waals surface area contributed by atoms with Crippen LogP contribution in [0.5, 0.6) is 0 Å². The van der Waals surface area contributed by atoms with E-state index in [4.69, 9.17) is 0 Å². The van der Waals surface area contributed by atoms with Gasteiger partial charge in [-0.2, -0.15) is 0 Å². The zero-order valence-corrected chi connectivity index (χ0v) is 13.7. The number of benzene rings is 2. The summed E-state index contributed by atoms with van der Waals surface area (Å²) in [5.41, 5.74) is 1.42. The van der Waals surface area contributed by atoms with E-state index in [1.165, 1.54) is 25.3 Å². The van der Waals surface area contributed by atoms with Crippen molar-refractivity contribution in [1.29, 1.82) is 0 Å². The average Bonchev–Trinajstić information content (AvgIpc) is 2.59. The Morgan fingerprint density at radius 3 is 2.42 bits per heavy atom. The summed E-state index contributed by atoms with van der Waals surface area (Å²) in [4.78, 5) is 24.0. The molecule has 0 bridgehead atoms. The van der Waals surface area contributed by atoms with Gasteiger partial charge in [0.15, 0.2) is 15.6 Å². The summed E-state index contributed by atoms with van der Waals surface area (Å²) in [5, 5.41) is 0. The predicted octanol–water partition coefficient (Wildman–Crippen LogP) is 2.53. The monoisotopic (exact) mass is 342 g/mol. The average molecular weight is 342 g/mol. The summed E-state index contributed by atoms with van der Waals surface area (Å²) in [5.74, 6) is -1.08. The van der Waals surface area contributed by atoms with Gasteiger partial charge in [0.2, 0.25) is 0 Å². The van der Waals surface area contributed by atoms with Crippen molar-refractivity contribution in [2.45, 2.75) is 4.90 Å². The number of ether oxygens (including phenoxy) is 1. The van der Waals surface area contributed by atoms with Gasteiger partial charge in [-0.25, -0.2) is 13.2 Å². The summed E-state index contributed by atoms with van der Waals surface area (Å²) < 4.78 is 29.3. The molecular weight excluding hydrogens is 328 g/mol. The van der Waals surface area contributed by atoms with Crippen LogP contribution in [0, 0.1) is 0 Å². The summed E-state index contributed by atoms with van der Waals surface area (Å²) in [7, 11) is -2.24. The van der Waals surface area contributed by atoms with Crippen molar-refractivity contribution < 1.29 is 22.7 Å². The normalized spacial score (nSPS) is 17.4. The first-order chi connectivity index (χ1) is 11.4. The second-order valence-electron chi connectivity index (χ2n) is 5.37. The maximum absolute atomic E-state index is 12.5. The van der Waals surface area contributed by atoms with Crippen LogP contribution in [0.3, 0.4) is 0 Å². The van der Waals surface area contributed by atoms with E-state index in [9.17, 15) is 18.0 Å². The Balaban J connectivity index is 2.00. The quantitative estimate of drug-likeness (QED) is 0.619. The summed E-state index contributed by atoms with van der Waals surface area (Å²) >= 11 is 0. The van der Waals surface area contributed by atoms with Crippen molar-refractivity contribution in [2.75, 3.05) is 12.9 Å². The number of hydrogen-bond acceptors (Lipinski definition) is 5. The maximum atomic E-state index is 12.5. The van der Waals surface area contributed by atoms with Crippen LogP contribution in [-0.2, 0) is 14.6 Å². The second-order valence-corrected chi connectivity index (χ2v) is 7.33. The minimum Gasteiger partial charge on any atom is -0.465 e. The smallest absolute Gasteiger partial charge is 0.337 e. The number of methoxy groups -OCH3 is 1. The highest BCUT2D eigenvalue weighted by atomic mass is 32.2. The van der Waals surface area contributed by atoms with Gasteiger partial charge < -0.3 is 4.74 Å². The summed E-state index contributed by atoms with van der Waals surface area (Å²) in [6.45, 7) is 0. The molecule has 0 N–H and O–H groups in total. The van der Waals surface area contributed by atoms with Crippen molar-refractivity contribution in [3.05, 3.63) is 70.8 Å². The number of rotatable bonds is 2. The maximum Gasteiger partial charge on any atom is 0.337 e. The Bertz CT molecular complexity index is 953. The molecule has 0 saturated carbocycles. The van der Waals surface area contributed by atoms with Crippen LogP contribution < -0.4 is 0 Å². The van der Waals surface area contributed by atoms with E-state index in [-0.39, 0.29) is 27.6 Å².